The van der Waals surface area contributed by atoms with E-state index in [9.17, 15) is 14.7 Å². The minimum atomic E-state index is -0.988. The van der Waals surface area contributed by atoms with Crippen molar-refractivity contribution in [3.8, 4) is 0 Å². The van der Waals surface area contributed by atoms with Gasteiger partial charge in [-0.2, -0.15) is 0 Å². The number of carboxylic acid groups (broad SMARTS) is 1. The van der Waals surface area contributed by atoms with Crippen LogP contribution in [0.4, 0.5) is 4.79 Å². The maximum absolute atomic E-state index is 12.4. The number of likely N-dealkylation sites (N-methyl/N-ethyl adjacent to an activating group) is 1. The van der Waals surface area contributed by atoms with Gasteiger partial charge in [0.05, 0.1) is 6.61 Å². The second-order valence-electron chi connectivity index (χ2n) is 4.68. The molecule has 0 radical (unpaired) electrons. The summed E-state index contributed by atoms with van der Waals surface area (Å²) < 4.78 is 4.94. The molecule has 6 nitrogen and oxygen atoms in total. The highest BCUT2D eigenvalue weighted by atomic mass is 32.1. The Morgan fingerprint density at radius 1 is 1.60 bits per heavy atom. The molecule has 2 amide bonds. The molecule has 1 N–H and O–H groups in total. The molecule has 1 aliphatic rings. The molecule has 0 saturated heterocycles. The minimum Gasteiger partial charge on any atom is -0.479 e. The zero-order chi connectivity index (χ0) is 14.7. The molecular weight excluding hydrogens is 280 g/mol. The number of aliphatic carboxylic acids is 1. The van der Waals surface area contributed by atoms with Crippen molar-refractivity contribution in [2.75, 3.05) is 33.9 Å². The fourth-order valence-electron chi connectivity index (χ4n) is 2.33. The maximum atomic E-state index is 12.4. The SMILES string of the molecule is COCCN(C)C(=O)N1CCc2sccc2C1C(=O)O. The quantitative estimate of drug-likeness (QED) is 0.913. The first kappa shape index (κ1) is 14.8. The van der Waals surface area contributed by atoms with E-state index in [0.717, 1.165) is 10.4 Å². The van der Waals surface area contributed by atoms with E-state index >= 15 is 0 Å². The molecule has 2 rings (SSSR count). The summed E-state index contributed by atoms with van der Waals surface area (Å²) >= 11 is 1.55. The van der Waals surface area contributed by atoms with E-state index in [1.807, 2.05) is 5.38 Å². The van der Waals surface area contributed by atoms with Crippen molar-refractivity contribution in [3.63, 3.8) is 0 Å². The summed E-state index contributed by atoms with van der Waals surface area (Å²) in [6, 6.07) is 0.640. The Morgan fingerprint density at radius 2 is 2.35 bits per heavy atom. The van der Waals surface area contributed by atoms with Crippen LogP contribution < -0.4 is 0 Å². The van der Waals surface area contributed by atoms with Crippen LogP contribution in [0.3, 0.4) is 0 Å². The van der Waals surface area contributed by atoms with Gasteiger partial charge in [-0.1, -0.05) is 0 Å². The number of amides is 2. The van der Waals surface area contributed by atoms with Gasteiger partial charge in [0.25, 0.3) is 0 Å². The number of fused-ring (bicyclic) bond motifs is 1. The number of carboxylic acids is 1. The van der Waals surface area contributed by atoms with Crippen LogP contribution >= 0.6 is 11.3 Å². The minimum absolute atomic E-state index is 0.272. The molecule has 0 fully saturated rings. The van der Waals surface area contributed by atoms with E-state index in [2.05, 4.69) is 0 Å². The van der Waals surface area contributed by atoms with Crippen molar-refractivity contribution < 1.29 is 19.4 Å². The molecule has 7 heteroatoms. The van der Waals surface area contributed by atoms with E-state index < -0.39 is 12.0 Å². The first-order valence-corrected chi connectivity index (χ1v) is 7.24. The Kier molecular flexibility index (Phi) is 4.61. The number of carbonyl (C=O) groups excluding carboxylic acids is 1. The van der Waals surface area contributed by atoms with Gasteiger partial charge < -0.3 is 19.6 Å². The number of rotatable bonds is 4. The molecule has 1 unspecified atom stereocenters. The summed E-state index contributed by atoms with van der Waals surface area (Å²) in [5.41, 5.74) is 0.738. The van der Waals surface area contributed by atoms with Crippen molar-refractivity contribution in [1.82, 2.24) is 9.80 Å². The summed E-state index contributed by atoms with van der Waals surface area (Å²) in [6.45, 7) is 1.30. The molecule has 1 aromatic rings. The smallest absolute Gasteiger partial charge is 0.331 e. The molecule has 0 saturated carbocycles. The molecule has 110 valence electrons. The monoisotopic (exact) mass is 298 g/mol. The molecule has 0 bridgehead atoms. The highest BCUT2D eigenvalue weighted by Crippen LogP contribution is 2.33. The lowest BCUT2D eigenvalue weighted by Crippen LogP contribution is -2.49. The second-order valence-corrected chi connectivity index (χ2v) is 5.68. The van der Waals surface area contributed by atoms with Gasteiger partial charge in [0.1, 0.15) is 0 Å². The van der Waals surface area contributed by atoms with Crippen LogP contribution in [0, 0.1) is 0 Å². The third-order valence-electron chi connectivity index (χ3n) is 3.40. The Bertz CT molecular complexity index is 502. The lowest BCUT2D eigenvalue weighted by Gasteiger charge is -2.35. The molecule has 1 atom stereocenters. The zero-order valence-corrected chi connectivity index (χ0v) is 12.4. The van der Waals surface area contributed by atoms with Gasteiger partial charge in [-0.05, 0) is 23.4 Å². The van der Waals surface area contributed by atoms with Gasteiger partial charge in [0.2, 0.25) is 0 Å². The fraction of sp³-hybridized carbons (Fsp3) is 0.538. The third kappa shape index (κ3) is 2.78. The Balaban J connectivity index is 2.19. The summed E-state index contributed by atoms with van der Waals surface area (Å²) in [4.78, 5) is 27.9. The lowest BCUT2D eigenvalue weighted by atomic mass is 10.0. The van der Waals surface area contributed by atoms with Crippen LogP contribution in [0.25, 0.3) is 0 Å². The highest BCUT2D eigenvalue weighted by molar-refractivity contribution is 7.10. The van der Waals surface area contributed by atoms with Crippen LogP contribution in [-0.2, 0) is 16.0 Å². The number of hydrogen-bond acceptors (Lipinski definition) is 4. The van der Waals surface area contributed by atoms with Gasteiger partial charge in [-0.3, -0.25) is 0 Å². The van der Waals surface area contributed by atoms with Gasteiger partial charge in [0, 0.05) is 32.1 Å². The number of carbonyl (C=O) groups is 2. The number of ether oxygens (including phenoxy) is 1. The molecule has 20 heavy (non-hydrogen) atoms. The first-order valence-electron chi connectivity index (χ1n) is 6.36. The van der Waals surface area contributed by atoms with Gasteiger partial charge in [-0.25, -0.2) is 9.59 Å². The normalized spacial score (nSPS) is 17.7. The van der Waals surface area contributed by atoms with Crippen LogP contribution in [0.1, 0.15) is 16.5 Å². The number of hydrogen-bond donors (Lipinski definition) is 1. The highest BCUT2D eigenvalue weighted by Gasteiger charge is 2.37. The van der Waals surface area contributed by atoms with Crippen LogP contribution in [0.15, 0.2) is 11.4 Å². The van der Waals surface area contributed by atoms with Crippen molar-refractivity contribution >= 4 is 23.3 Å². The number of urea groups is 1. The topological polar surface area (TPSA) is 70.1 Å². The van der Waals surface area contributed by atoms with Gasteiger partial charge >= 0.3 is 12.0 Å². The van der Waals surface area contributed by atoms with Crippen LogP contribution in [-0.4, -0.2) is 60.8 Å². The van der Waals surface area contributed by atoms with E-state index in [1.165, 1.54) is 9.80 Å². The maximum Gasteiger partial charge on any atom is 0.331 e. The molecule has 0 aromatic carbocycles. The van der Waals surface area contributed by atoms with Crippen molar-refractivity contribution in [2.24, 2.45) is 0 Å². The predicted molar refractivity (Wildman–Crippen MR) is 75.0 cm³/mol. The molecule has 2 heterocycles. The second kappa shape index (κ2) is 6.23. The van der Waals surface area contributed by atoms with Gasteiger partial charge in [-0.15, -0.1) is 11.3 Å². The zero-order valence-electron chi connectivity index (χ0n) is 11.5. The number of thiophene rings is 1. The van der Waals surface area contributed by atoms with E-state index in [4.69, 9.17) is 4.74 Å². The lowest BCUT2D eigenvalue weighted by molar-refractivity contribution is -0.143. The van der Waals surface area contributed by atoms with Crippen LogP contribution in [0.2, 0.25) is 0 Å². The van der Waals surface area contributed by atoms with Crippen molar-refractivity contribution in [2.45, 2.75) is 12.5 Å². The Labute approximate surface area is 121 Å². The molecule has 1 aromatic heterocycles. The number of nitrogens with zero attached hydrogens (tertiary/aromatic N) is 2. The Hall–Kier alpha value is -1.60. The fourth-order valence-corrected chi connectivity index (χ4v) is 3.24. The molecule has 0 aliphatic carbocycles. The molecular formula is C13H18N2O4S. The first-order chi connectivity index (χ1) is 9.56. The average Bonchev–Trinajstić information content (AvgIpc) is 2.90. The standard InChI is InChI=1S/C13H18N2O4S/c1-14(6-7-19-2)13(18)15-5-3-10-9(4-8-20-10)11(15)12(16)17/h4,8,11H,3,5-7H2,1-2H3,(H,16,17). The average molecular weight is 298 g/mol. The summed E-state index contributed by atoms with van der Waals surface area (Å²) in [5, 5.41) is 11.3. The summed E-state index contributed by atoms with van der Waals surface area (Å²) in [7, 11) is 3.22. The molecule has 1 aliphatic heterocycles. The summed E-state index contributed by atoms with van der Waals surface area (Å²) in [6.07, 6.45) is 0.709. The largest absolute Gasteiger partial charge is 0.479 e. The Morgan fingerprint density at radius 3 is 3.00 bits per heavy atom. The molecule has 0 spiro atoms. The van der Waals surface area contributed by atoms with E-state index in [1.54, 1.807) is 31.6 Å². The van der Waals surface area contributed by atoms with Crippen LogP contribution in [0.5, 0.6) is 0 Å². The van der Waals surface area contributed by atoms with Crippen molar-refractivity contribution in [3.05, 3.63) is 21.9 Å². The number of methoxy groups -OCH3 is 1. The predicted octanol–water partition coefficient (Wildman–Crippen LogP) is 1.43. The summed E-state index contributed by atoms with van der Waals surface area (Å²) in [5.74, 6) is -0.988. The third-order valence-corrected chi connectivity index (χ3v) is 4.40. The van der Waals surface area contributed by atoms with E-state index in [-0.39, 0.29) is 6.03 Å². The van der Waals surface area contributed by atoms with Gasteiger partial charge in [0.15, 0.2) is 6.04 Å². The van der Waals surface area contributed by atoms with E-state index in [0.29, 0.717) is 26.1 Å². The van der Waals surface area contributed by atoms with Crippen molar-refractivity contribution in [1.29, 1.82) is 0 Å².